The Morgan fingerprint density at radius 1 is 0.933 bits per heavy atom. The minimum Gasteiger partial charge on any atom is -0.394 e. The van der Waals surface area contributed by atoms with E-state index in [0.29, 0.717) is 0 Å². The molecular weight excluding hydrogens is 396 g/mol. The minimum absolute atomic E-state index is 0.224. The van der Waals surface area contributed by atoms with Gasteiger partial charge in [0.1, 0.15) is 24.0 Å². The molecule has 2 heterocycles. The lowest BCUT2D eigenvalue weighted by atomic mass is 10.0. The van der Waals surface area contributed by atoms with E-state index in [4.69, 9.17) is 5.11 Å². The first-order valence-corrected chi connectivity index (χ1v) is 8.60. The molecule has 0 aliphatic heterocycles. The summed E-state index contributed by atoms with van der Waals surface area (Å²) in [5, 5.41) is 45.9. The molecule has 3 unspecified atom stereocenters. The van der Waals surface area contributed by atoms with E-state index >= 15 is 0 Å². The van der Waals surface area contributed by atoms with Crippen LogP contribution >= 0.6 is 0 Å². The highest BCUT2D eigenvalue weighted by molar-refractivity contribution is 6.33. The highest BCUT2D eigenvalue weighted by atomic mass is 16.4. The van der Waals surface area contributed by atoms with Gasteiger partial charge in [-0.3, -0.25) is 19.6 Å². The Morgan fingerprint density at radius 3 is 1.93 bits per heavy atom. The number of aromatic nitrogens is 2. The molecule has 158 valence electrons. The Bertz CT molecular complexity index is 893. The Kier molecular flexibility index (Phi) is 8.65. The number of rotatable bonds is 9. The summed E-state index contributed by atoms with van der Waals surface area (Å²) < 4.78 is 0. The predicted octanol–water partition coefficient (Wildman–Crippen LogP) is -1.95. The molecule has 0 spiro atoms. The highest BCUT2D eigenvalue weighted by Crippen LogP contribution is 2.03. The molecule has 0 bridgehead atoms. The fourth-order valence-corrected chi connectivity index (χ4v) is 2.07. The van der Waals surface area contributed by atoms with Gasteiger partial charge < -0.3 is 20.4 Å². The number of carbonyl (C=O) groups is 2. The second-order valence-corrected chi connectivity index (χ2v) is 5.83. The molecule has 0 aliphatic rings. The summed E-state index contributed by atoms with van der Waals surface area (Å²) in [6.07, 6.45) is 1.13. The van der Waals surface area contributed by atoms with E-state index in [-0.39, 0.29) is 11.1 Å². The number of hydrazone groups is 2. The van der Waals surface area contributed by atoms with E-state index in [1.807, 2.05) is 0 Å². The van der Waals surface area contributed by atoms with Gasteiger partial charge in [0.05, 0.1) is 12.8 Å². The summed E-state index contributed by atoms with van der Waals surface area (Å²) in [5.41, 5.74) is 4.43. The van der Waals surface area contributed by atoms with E-state index in [0.717, 1.165) is 6.21 Å². The average molecular weight is 416 g/mol. The largest absolute Gasteiger partial charge is 0.394 e. The van der Waals surface area contributed by atoms with Gasteiger partial charge in [-0.25, -0.2) is 10.9 Å². The van der Waals surface area contributed by atoms with Crippen molar-refractivity contribution >= 4 is 23.7 Å². The molecule has 0 radical (unpaired) electrons. The van der Waals surface area contributed by atoms with Crippen LogP contribution in [0.25, 0.3) is 0 Å². The molecule has 2 amide bonds. The zero-order valence-electron chi connectivity index (χ0n) is 15.5. The topological polar surface area (TPSA) is 190 Å². The van der Waals surface area contributed by atoms with Gasteiger partial charge in [-0.15, -0.1) is 0 Å². The smallest absolute Gasteiger partial charge is 0.271 e. The van der Waals surface area contributed by atoms with Gasteiger partial charge in [0, 0.05) is 35.9 Å². The Balaban J connectivity index is 2.15. The molecular formula is C18H20N6O6. The van der Waals surface area contributed by atoms with Crippen molar-refractivity contribution in [1.29, 1.82) is 0 Å². The van der Waals surface area contributed by atoms with Crippen molar-refractivity contribution in [2.45, 2.75) is 18.3 Å². The van der Waals surface area contributed by atoms with Crippen LogP contribution in [0.4, 0.5) is 0 Å². The average Bonchev–Trinajstić information content (AvgIpc) is 2.80. The van der Waals surface area contributed by atoms with Gasteiger partial charge in [0.15, 0.2) is 0 Å². The standard InChI is InChI=1S/C18H20N6O6/c25-10-14(26)16(28)15(27)13(22-24-18(30)12-3-7-20-8-4-12)9-21-23-17(29)11-1-5-19-6-2-11/h1-9,14-16,25-28H,10H2,(H,23,29)(H,24,30)/b21-9-,22-13-. The van der Waals surface area contributed by atoms with Gasteiger partial charge in [0.2, 0.25) is 0 Å². The van der Waals surface area contributed by atoms with E-state index in [9.17, 15) is 24.9 Å². The van der Waals surface area contributed by atoms with Crippen molar-refractivity contribution < 1.29 is 30.0 Å². The molecule has 0 fully saturated rings. The lowest BCUT2D eigenvalue weighted by molar-refractivity contribution is -0.0549. The lowest BCUT2D eigenvalue weighted by Gasteiger charge is -2.21. The number of nitrogens with zero attached hydrogens (tertiary/aromatic N) is 4. The number of pyridine rings is 2. The number of aliphatic hydroxyl groups excluding tert-OH is 4. The molecule has 2 aromatic rings. The van der Waals surface area contributed by atoms with Crippen LogP contribution in [0.15, 0.2) is 59.3 Å². The monoisotopic (exact) mass is 416 g/mol. The molecule has 6 N–H and O–H groups in total. The lowest BCUT2D eigenvalue weighted by Crippen LogP contribution is -2.45. The van der Waals surface area contributed by atoms with Gasteiger partial charge in [0.25, 0.3) is 11.8 Å². The predicted molar refractivity (Wildman–Crippen MR) is 104 cm³/mol. The van der Waals surface area contributed by atoms with Gasteiger partial charge in [-0.05, 0) is 24.3 Å². The van der Waals surface area contributed by atoms with Gasteiger partial charge >= 0.3 is 0 Å². The van der Waals surface area contributed by atoms with Gasteiger partial charge in [-0.2, -0.15) is 10.2 Å². The second-order valence-electron chi connectivity index (χ2n) is 5.83. The normalized spacial score (nSPS) is 14.7. The first kappa shape index (κ1) is 22.7. The van der Waals surface area contributed by atoms with Crippen molar-refractivity contribution in [2.24, 2.45) is 10.2 Å². The third-order valence-corrected chi connectivity index (χ3v) is 3.74. The van der Waals surface area contributed by atoms with E-state index in [2.05, 4.69) is 31.0 Å². The second kappa shape index (κ2) is 11.4. The first-order chi connectivity index (χ1) is 14.4. The van der Waals surface area contributed by atoms with Crippen LogP contribution in [0, 0.1) is 0 Å². The number of aliphatic hydroxyl groups is 4. The summed E-state index contributed by atoms with van der Waals surface area (Å²) in [7, 11) is 0. The van der Waals surface area contributed by atoms with Crippen LogP contribution in [0.1, 0.15) is 20.7 Å². The number of hydrogen-bond donors (Lipinski definition) is 6. The highest BCUT2D eigenvalue weighted by Gasteiger charge is 2.28. The molecule has 0 saturated carbocycles. The molecule has 2 rings (SSSR count). The molecule has 12 heteroatoms. The molecule has 0 aliphatic carbocycles. The van der Waals surface area contributed by atoms with E-state index < -0.39 is 42.4 Å². The number of carbonyl (C=O) groups excluding carboxylic acids is 2. The minimum atomic E-state index is -1.84. The fourth-order valence-electron chi connectivity index (χ4n) is 2.07. The number of amides is 2. The maximum atomic E-state index is 12.1. The zero-order chi connectivity index (χ0) is 21.9. The van der Waals surface area contributed by atoms with Crippen molar-refractivity contribution in [1.82, 2.24) is 20.8 Å². The Morgan fingerprint density at radius 2 is 1.43 bits per heavy atom. The molecule has 0 saturated heterocycles. The van der Waals surface area contributed by atoms with Crippen LogP contribution in [0.3, 0.4) is 0 Å². The van der Waals surface area contributed by atoms with Crippen molar-refractivity contribution in [3.8, 4) is 0 Å². The SMILES string of the molecule is O=C(N/N=C\C(=N\NC(=O)c1ccncc1)C(O)C(O)C(O)CO)c1ccncc1. The summed E-state index contributed by atoms with van der Waals surface area (Å²) in [4.78, 5) is 31.6. The molecule has 12 nitrogen and oxygen atoms in total. The summed E-state index contributed by atoms with van der Waals surface area (Å²) in [5.74, 6) is -1.23. The van der Waals surface area contributed by atoms with Crippen molar-refractivity contribution in [2.75, 3.05) is 6.61 Å². The molecule has 2 aromatic heterocycles. The third-order valence-electron chi connectivity index (χ3n) is 3.74. The first-order valence-electron chi connectivity index (χ1n) is 8.60. The maximum absolute atomic E-state index is 12.1. The zero-order valence-corrected chi connectivity index (χ0v) is 15.5. The number of hydrogen-bond acceptors (Lipinski definition) is 10. The number of nitrogens with one attached hydrogen (secondary N) is 2. The summed E-state index contributed by atoms with van der Waals surface area (Å²) in [6, 6.07) is 5.75. The molecule has 0 aromatic carbocycles. The Labute approximate surface area is 170 Å². The fraction of sp³-hybridized carbons (Fsp3) is 0.222. The van der Waals surface area contributed by atoms with Crippen LogP contribution in [0.2, 0.25) is 0 Å². The van der Waals surface area contributed by atoms with Crippen molar-refractivity contribution in [3.05, 3.63) is 60.2 Å². The summed E-state index contributed by atoms with van der Waals surface area (Å²) in [6.45, 7) is -0.829. The van der Waals surface area contributed by atoms with Crippen LogP contribution in [0.5, 0.6) is 0 Å². The van der Waals surface area contributed by atoms with Crippen LogP contribution in [-0.4, -0.2) is 79.1 Å². The van der Waals surface area contributed by atoms with E-state index in [1.54, 1.807) is 0 Å². The molecule has 3 atom stereocenters. The Hall–Kier alpha value is -3.58. The quantitative estimate of drug-likeness (QED) is 0.201. The van der Waals surface area contributed by atoms with Crippen LogP contribution in [-0.2, 0) is 0 Å². The maximum Gasteiger partial charge on any atom is 0.271 e. The van der Waals surface area contributed by atoms with Crippen molar-refractivity contribution in [3.63, 3.8) is 0 Å². The van der Waals surface area contributed by atoms with Crippen LogP contribution < -0.4 is 10.9 Å². The third kappa shape index (κ3) is 6.49. The molecule has 30 heavy (non-hydrogen) atoms. The summed E-state index contributed by atoms with van der Waals surface area (Å²) >= 11 is 0. The van der Waals surface area contributed by atoms with Gasteiger partial charge in [-0.1, -0.05) is 0 Å². The van der Waals surface area contributed by atoms with E-state index in [1.165, 1.54) is 49.1 Å².